The number of benzene rings is 2. The number of carbonyl (C=O) groups is 2. The normalized spacial score (nSPS) is 11.7. The zero-order valence-electron chi connectivity index (χ0n) is 22.3. The number of thioether (sulfide) groups is 1. The number of nitrogens with one attached hydrogen (secondary N) is 1. The fourth-order valence-corrected chi connectivity index (χ4v) is 5.82. The van der Waals surface area contributed by atoms with Gasteiger partial charge in [-0.2, -0.15) is 0 Å². The number of hydrogen-bond donors (Lipinski definition) is 1. The van der Waals surface area contributed by atoms with E-state index >= 15 is 0 Å². The van der Waals surface area contributed by atoms with Crippen LogP contribution in [0.1, 0.15) is 47.3 Å². The summed E-state index contributed by atoms with van der Waals surface area (Å²) < 4.78 is 26.0. The molecule has 4 rings (SSSR count). The van der Waals surface area contributed by atoms with Gasteiger partial charge in [-0.1, -0.05) is 35.5 Å². The first-order chi connectivity index (χ1) is 18.7. The highest BCUT2D eigenvalue weighted by Crippen LogP contribution is 2.38. The molecule has 0 bridgehead atoms. The Labute approximate surface area is 234 Å². The number of methoxy groups -OCH3 is 1. The van der Waals surface area contributed by atoms with Crippen LogP contribution in [-0.2, 0) is 16.1 Å². The molecule has 0 radical (unpaired) electrons. The Morgan fingerprint density at radius 3 is 2.56 bits per heavy atom. The molecule has 0 saturated carbocycles. The van der Waals surface area contributed by atoms with Crippen molar-refractivity contribution in [3.63, 3.8) is 0 Å². The van der Waals surface area contributed by atoms with Gasteiger partial charge in [0, 0.05) is 17.5 Å². The fraction of sp³-hybridized carbons (Fsp3) is 0.286. The lowest BCUT2D eigenvalue weighted by Crippen LogP contribution is -2.17. The molecule has 2 aromatic heterocycles. The van der Waals surface area contributed by atoms with Gasteiger partial charge in [0.15, 0.2) is 17.1 Å². The number of thiophene rings is 1. The van der Waals surface area contributed by atoms with E-state index in [4.69, 9.17) is 9.47 Å². The maximum absolute atomic E-state index is 13.2. The van der Waals surface area contributed by atoms with E-state index in [1.165, 1.54) is 42.3 Å². The summed E-state index contributed by atoms with van der Waals surface area (Å²) in [5.41, 5.74) is 4.06. The molecule has 1 amide bonds. The highest BCUT2D eigenvalue weighted by atomic mass is 32.2. The molecule has 11 heteroatoms. The maximum Gasteiger partial charge on any atom is 0.341 e. The van der Waals surface area contributed by atoms with Gasteiger partial charge in [-0.3, -0.25) is 4.79 Å². The highest BCUT2D eigenvalue weighted by molar-refractivity contribution is 7.99. The molecule has 204 valence electrons. The van der Waals surface area contributed by atoms with E-state index in [9.17, 15) is 14.0 Å². The van der Waals surface area contributed by atoms with Crippen LogP contribution in [0.3, 0.4) is 0 Å². The van der Waals surface area contributed by atoms with Gasteiger partial charge in [0.25, 0.3) is 0 Å². The Bertz CT molecular complexity index is 1480. The molecule has 1 unspecified atom stereocenters. The minimum Gasteiger partial charge on any atom is -0.483 e. The number of carbonyl (C=O) groups excluding carboxylic acids is 2. The second-order valence-electron chi connectivity index (χ2n) is 8.80. The second-order valence-corrected chi connectivity index (χ2v) is 10.6. The molecule has 2 heterocycles. The molecule has 0 fully saturated rings. The zero-order chi connectivity index (χ0) is 28.1. The predicted octanol–water partition coefficient (Wildman–Crippen LogP) is 6.44. The molecular weight excluding hydrogens is 539 g/mol. The van der Waals surface area contributed by atoms with Crippen molar-refractivity contribution in [2.75, 3.05) is 18.2 Å². The summed E-state index contributed by atoms with van der Waals surface area (Å²) in [7, 11) is 1.32. The lowest BCUT2D eigenvalue weighted by Gasteiger charge is -2.15. The van der Waals surface area contributed by atoms with Gasteiger partial charge >= 0.3 is 5.97 Å². The van der Waals surface area contributed by atoms with Crippen molar-refractivity contribution in [3.05, 3.63) is 76.2 Å². The molecule has 0 aliphatic rings. The number of aryl methyl sites for hydroxylation is 2. The molecule has 1 atom stereocenters. The summed E-state index contributed by atoms with van der Waals surface area (Å²) in [6.07, 6.45) is -0.441. The number of halogens is 1. The summed E-state index contributed by atoms with van der Waals surface area (Å²) >= 11 is 2.52. The predicted molar refractivity (Wildman–Crippen MR) is 151 cm³/mol. The van der Waals surface area contributed by atoms with Gasteiger partial charge in [0.1, 0.15) is 22.1 Å². The zero-order valence-corrected chi connectivity index (χ0v) is 23.9. The molecule has 2 aromatic carbocycles. The molecule has 8 nitrogen and oxygen atoms in total. The average molecular weight is 569 g/mol. The molecule has 1 N–H and O–H groups in total. The van der Waals surface area contributed by atoms with Gasteiger partial charge in [0.2, 0.25) is 5.91 Å². The number of esters is 1. The standard InChI is InChI=1S/C28H29FN4O4S2/c1-6-33-25(18(4)37-20-11-9-19(29)10-12-20)31-32-28(33)39-15-23(34)30-26-24(27(35)36-5)22(14-38-26)21-13-16(2)7-8-17(21)3/h7-14,18H,6,15H2,1-5H3,(H,30,34). The molecular formula is C28H29FN4O4S2. The molecule has 4 aromatic rings. The van der Waals surface area contributed by atoms with E-state index in [1.807, 2.05) is 55.8 Å². The Hall–Kier alpha value is -3.70. The summed E-state index contributed by atoms with van der Waals surface area (Å²) in [6, 6.07) is 11.8. The monoisotopic (exact) mass is 568 g/mol. The quantitative estimate of drug-likeness (QED) is 0.174. The smallest absolute Gasteiger partial charge is 0.341 e. The van der Waals surface area contributed by atoms with E-state index < -0.39 is 12.1 Å². The Balaban J connectivity index is 1.47. The number of anilines is 1. The molecule has 0 spiro atoms. The van der Waals surface area contributed by atoms with Crippen LogP contribution in [0.25, 0.3) is 11.1 Å². The van der Waals surface area contributed by atoms with Crippen LogP contribution in [0.4, 0.5) is 9.39 Å². The third-order valence-electron chi connectivity index (χ3n) is 6.00. The lowest BCUT2D eigenvalue weighted by atomic mass is 9.97. The minimum atomic E-state index is -0.513. The van der Waals surface area contributed by atoms with Gasteiger partial charge < -0.3 is 19.4 Å². The number of rotatable bonds is 10. The summed E-state index contributed by atoms with van der Waals surface area (Å²) in [5, 5.41) is 14.2. The number of aromatic nitrogens is 3. The number of nitrogens with zero attached hydrogens (tertiary/aromatic N) is 3. The van der Waals surface area contributed by atoms with Crippen LogP contribution in [0, 0.1) is 19.7 Å². The topological polar surface area (TPSA) is 95.3 Å². The van der Waals surface area contributed by atoms with Crippen molar-refractivity contribution in [1.29, 1.82) is 0 Å². The van der Waals surface area contributed by atoms with Crippen molar-refractivity contribution in [3.8, 4) is 16.9 Å². The van der Waals surface area contributed by atoms with Gasteiger partial charge in [-0.15, -0.1) is 21.5 Å². The van der Waals surface area contributed by atoms with Crippen molar-refractivity contribution < 1.29 is 23.5 Å². The third kappa shape index (κ3) is 6.48. The van der Waals surface area contributed by atoms with Crippen LogP contribution in [-0.4, -0.2) is 39.5 Å². The number of hydrogen-bond acceptors (Lipinski definition) is 8. The SMILES string of the molecule is CCn1c(SCC(=O)Nc2scc(-c3cc(C)ccc3C)c2C(=O)OC)nnc1C(C)Oc1ccc(F)cc1. The van der Waals surface area contributed by atoms with E-state index in [0.29, 0.717) is 33.8 Å². The van der Waals surface area contributed by atoms with Crippen LogP contribution in [0.5, 0.6) is 5.75 Å². The molecule has 0 aliphatic carbocycles. The van der Waals surface area contributed by atoms with Crippen molar-refractivity contribution >= 4 is 40.0 Å². The Morgan fingerprint density at radius 2 is 1.87 bits per heavy atom. The van der Waals surface area contributed by atoms with E-state index in [2.05, 4.69) is 15.5 Å². The number of amides is 1. The average Bonchev–Trinajstić information content (AvgIpc) is 3.53. The largest absolute Gasteiger partial charge is 0.483 e. The Kier molecular flexibility index (Phi) is 9.03. The molecule has 0 aliphatic heterocycles. The maximum atomic E-state index is 13.2. The Morgan fingerprint density at radius 1 is 1.13 bits per heavy atom. The van der Waals surface area contributed by atoms with Crippen LogP contribution in [0.15, 0.2) is 53.0 Å². The highest BCUT2D eigenvalue weighted by Gasteiger charge is 2.24. The van der Waals surface area contributed by atoms with Crippen LogP contribution < -0.4 is 10.1 Å². The van der Waals surface area contributed by atoms with Gasteiger partial charge in [0.05, 0.1) is 12.9 Å². The van der Waals surface area contributed by atoms with Crippen molar-refractivity contribution in [2.45, 2.75) is 45.5 Å². The summed E-state index contributed by atoms with van der Waals surface area (Å²) in [6.45, 7) is 8.32. The van der Waals surface area contributed by atoms with E-state index in [0.717, 1.165) is 22.3 Å². The molecule has 39 heavy (non-hydrogen) atoms. The molecule has 0 saturated heterocycles. The number of ether oxygens (including phenoxy) is 2. The van der Waals surface area contributed by atoms with Crippen molar-refractivity contribution in [1.82, 2.24) is 14.8 Å². The van der Waals surface area contributed by atoms with Crippen molar-refractivity contribution in [2.24, 2.45) is 0 Å². The van der Waals surface area contributed by atoms with Crippen LogP contribution in [0.2, 0.25) is 0 Å². The van der Waals surface area contributed by atoms with E-state index in [-0.39, 0.29) is 17.5 Å². The minimum absolute atomic E-state index is 0.0582. The third-order valence-corrected chi connectivity index (χ3v) is 7.86. The van der Waals surface area contributed by atoms with Crippen LogP contribution >= 0.6 is 23.1 Å². The fourth-order valence-electron chi connectivity index (χ4n) is 4.05. The summed E-state index contributed by atoms with van der Waals surface area (Å²) in [5.74, 6) is 0.0205. The first-order valence-electron chi connectivity index (χ1n) is 12.3. The van der Waals surface area contributed by atoms with Gasteiger partial charge in [-0.25, -0.2) is 9.18 Å². The first-order valence-corrected chi connectivity index (χ1v) is 14.1. The lowest BCUT2D eigenvalue weighted by molar-refractivity contribution is -0.113. The summed E-state index contributed by atoms with van der Waals surface area (Å²) in [4.78, 5) is 25.7. The first kappa shape index (κ1) is 28.3. The second kappa shape index (κ2) is 12.4. The van der Waals surface area contributed by atoms with Gasteiger partial charge in [-0.05, 0) is 63.1 Å². The van der Waals surface area contributed by atoms with E-state index in [1.54, 1.807) is 12.1 Å².